The van der Waals surface area contributed by atoms with E-state index in [1.807, 2.05) is 0 Å². The summed E-state index contributed by atoms with van der Waals surface area (Å²) in [7, 11) is 0. The van der Waals surface area contributed by atoms with Gasteiger partial charge in [-0.3, -0.25) is 14.0 Å². The zero-order valence-corrected chi connectivity index (χ0v) is 18.1. The van der Waals surface area contributed by atoms with Crippen LogP contribution in [0, 0.1) is 11.2 Å². The number of carbonyl (C=O) groups is 2. The van der Waals surface area contributed by atoms with Crippen molar-refractivity contribution in [1.29, 1.82) is 0 Å². The first-order valence-electron chi connectivity index (χ1n) is 9.80. The smallest absolute Gasteiger partial charge is 0.407 e. The van der Waals surface area contributed by atoms with Crippen LogP contribution in [0.3, 0.4) is 0 Å². The van der Waals surface area contributed by atoms with Crippen molar-refractivity contribution >= 4 is 40.7 Å². The molecular formula is C21H17Cl2FN4O4. The molecule has 5 rings (SSSR count). The second-order valence-electron chi connectivity index (χ2n) is 8.40. The molecule has 32 heavy (non-hydrogen) atoms. The number of aromatic nitrogens is 2. The Bertz CT molecular complexity index is 1340. The van der Waals surface area contributed by atoms with Gasteiger partial charge in [-0.2, -0.15) is 0 Å². The van der Waals surface area contributed by atoms with Crippen molar-refractivity contribution in [1.82, 2.24) is 19.2 Å². The number of carboxylic acid groups (broad SMARTS) is 1. The average Bonchev–Trinajstić information content (AvgIpc) is 2.99. The number of aromatic amines is 1. The minimum Gasteiger partial charge on any atom is -0.465 e. The lowest BCUT2D eigenvalue weighted by molar-refractivity contribution is -0.0853. The van der Waals surface area contributed by atoms with E-state index in [1.165, 1.54) is 38.6 Å². The molecule has 1 aromatic carbocycles. The van der Waals surface area contributed by atoms with Crippen LogP contribution in [0.25, 0.3) is 5.52 Å². The lowest BCUT2D eigenvalue weighted by atomic mass is 9.73. The number of rotatable bonds is 3. The Kier molecular flexibility index (Phi) is 4.72. The average molecular weight is 479 g/mol. The Hall–Kier alpha value is -3.04. The van der Waals surface area contributed by atoms with Gasteiger partial charge in [-0.1, -0.05) is 29.3 Å². The summed E-state index contributed by atoms with van der Waals surface area (Å²) in [5, 5.41) is 9.42. The number of amides is 2. The molecular weight excluding hydrogens is 462 g/mol. The first-order valence-corrected chi connectivity index (χ1v) is 10.6. The van der Waals surface area contributed by atoms with E-state index in [2.05, 4.69) is 4.98 Å². The number of hydrogen-bond acceptors (Lipinski definition) is 3. The van der Waals surface area contributed by atoms with Crippen molar-refractivity contribution in [2.75, 3.05) is 26.2 Å². The molecule has 2 saturated heterocycles. The molecule has 1 spiro atoms. The van der Waals surface area contributed by atoms with E-state index in [0.717, 1.165) is 0 Å². The van der Waals surface area contributed by atoms with E-state index in [0.29, 0.717) is 37.4 Å². The molecule has 2 aromatic heterocycles. The highest BCUT2D eigenvalue weighted by Crippen LogP contribution is 2.40. The SMILES string of the molecule is O=C(O)N1CC2(C1)CN(C(=O)c1cc(Cc3c[nH]c(=O)c4cc(Cl)c(Cl)n34)ccc1F)C2. The molecule has 2 aliphatic rings. The molecule has 0 bridgehead atoms. The Morgan fingerprint density at radius 2 is 1.81 bits per heavy atom. The summed E-state index contributed by atoms with van der Waals surface area (Å²) in [4.78, 5) is 41.4. The van der Waals surface area contributed by atoms with Crippen molar-refractivity contribution < 1.29 is 19.1 Å². The number of carbonyl (C=O) groups excluding carboxylic acids is 1. The lowest BCUT2D eigenvalue weighted by Crippen LogP contribution is -2.73. The summed E-state index contributed by atoms with van der Waals surface area (Å²) in [6.07, 6.45) is 0.808. The number of halogens is 3. The van der Waals surface area contributed by atoms with Crippen LogP contribution in [-0.4, -0.2) is 62.5 Å². The Morgan fingerprint density at radius 3 is 2.50 bits per heavy atom. The number of H-pyrrole nitrogens is 1. The molecule has 0 unspecified atom stereocenters. The van der Waals surface area contributed by atoms with Crippen molar-refractivity contribution in [2.45, 2.75) is 6.42 Å². The summed E-state index contributed by atoms with van der Waals surface area (Å²) >= 11 is 12.3. The number of hydrogen-bond donors (Lipinski definition) is 2. The summed E-state index contributed by atoms with van der Waals surface area (Å²) in [5.41, 5.74) is 0.949. The van der Waals surface area contributed by atoms with Crippen LogP contribution >= 0.6 is 23.2 Å². The van der Waals surface area contributed by atoms with Gasteiger partial charge in [-0.15, -0.1) is 0 Å². The molecule has 2 fully saturated rings. The molecule has 4 heterocycles. The second-order valence-corrected chi connectivity index (χ2v) is 9.17. The predicted molar refractivity (Wildman–Crippen MR) is 115 cm³/mol. The monoisotopic (exact) mass is 478 g/mol. The minimum absolute atomic E-state index is 0.0518. The van der Waals surface area contributed by atoms with Crippen LogP contribution in [-0.2, 0) is 6.42 Å². The number of fused-ring (bicyclic) bond motifs is 1. The normalized spacial score (nSPS) is 16.8. The van der Waals surface area contributed by atoms with Crippen molar-refractivity contribution in [2.24, 2.45) is 5.41 Å². The van der Waals surface area contributed by atoms with Gasteiger partial charge in [0.1, 0.15) is 16.5 Å². The fourth-order valence-corrected chi connectivity index (χ4v) is 5.00. The van der Waals surface area contributed by atoms with E-state index in [4.69, 9.17) is 28.3 Å². The molecule has 8 nitrogen and oxygen atoms in total. The molecule has 2 aliphatic heterocycles. The molecule has 2 N–H and O–H groups in total. The molecule has 3 aromatic rings. The van der Waals surface area contributed by atoms with Crippen LogP contribution in [0.5, 0.6) is 0 Å². The van der Waals surface area contributed by atoms with Crippen LogP contribution in [0.1, 0.15) is 21.6 Å². The first-order chi connectivity index (χ1) is 15.2. The van der Waals surface area contributed by atoms with Gasteiger partial charge in [0.25, 0.3) is 11.5 Å². The Balaban J connectivity index is 1.37. The summed E-state index contributed by atoms with van der Waals surface area (Å²) in [6.45, 7) is 1.57. The highest BCUT2D eigenvalue weighted by molar-refractivity contribution is 6.42. The maximum absolute atomic E-state index is 14.5. The maximum atomic E-state index is 14.5. The quantitative estimate of drug-likeness (QED) is 0.604. The Labute approximate surface area is 190 Å². The summed E-state index contributed by atoms with van der Waals surface area (Å²) in [5.74, 6) is -1.06. The lowest BCUT2D eigenvalue weighted by Gasteiger charge is -2.59. The van der Waals surface area contributed by atoms with E-state index in [9.17, 15) is 18.8 Å². The molecule has 2 amide bonds. The number of benzene rings is 1. The zero-order valence-electron chi connectivity index (χ0n) is 16.6. The fourth-order valence-electron chi connectivity index (χ4n) is 4.55. The highest BCUT2D eigenvalue weighted by Gasteiger charge is 2.54. The molecule has 0 saturated carbocycles. The highest BCUT2D eigenvalue weighted by atomic mass is 35.5. The third-order valence-electron chi connectivity index (χ3n) is 6.10. The largest absolute Gasteiger partial charge is 0.465 e. The first kappa shape index (κ1) is 20.8. The molecule has 0 aliphatic carbocycles. The molecule has 0 atom stereocenters. The minimum atomic E-state index is -0.973. The van der Waals surface area contributed by atoms with Crippen molar-refractivity contribution in [3.05, 3.63) is 73.6 Å². The van der Waals surface area contributed by atoms with Gasteiger partial charge in [-0.05, 0) is 23.8 Å². The van der Waals surface area contributed by atoms with Gasteiger partial charge < -0.3 is 19.9 Å². The van der Waals surface area contributed by atoms with E-state index in [-0.39, 0.29) is 38.7 Å². The standard InChI is InChI=1S/C21H17Cl2FN4O4/c22-14-5-16-18(29)25-6-12(28(16)17(14)23)3-11-1-2-15(24)13(4-11)19(30)26-7-21(8-26)9-27(10-21)20(31)32/h1-2,4-6H,3,7-10H2,(H,25,29)(H,31,32). The van der Waals surface area contributed by atoms with E-state index >= 15 is 0 Å². The predicted octanol–water partition coefficient (Wildman–Crippen LogP) is 3.10. The number of likely N-dealkylation sites (tertiary alicyclic amines) is 2. The third kappa shape index (κ3) is 3.23. The topological polar surface area (TPSA) is 98.1 Å². The van der Waals surface area contributed by atoms with Gasteiger partial charge in [0, 0.05) is 49.9 Å². The summed E-state index contributed by atoms with van der Waals surface area (Å²) in [6, 6.07) is 5.76. The fraction of sp³-hybridized carbons (Fsp3) is 0.286. The van der Waals surface area contributed by atoms with Gasteiger partial charge in [-0.25, -0.2) is 9.18 Å². The Morgan fingerprint density at radius 1 is 1.12 bits per heavy atom. The molecule has 11 heteroatoms. The van der Waals surface area contributed by atoms with Crippen molar-refractivity contribution in [3.8, 4) is 0 Å². The van der Waals surface area contributed by atoms with Gasteiger partial charge in [0.2, 0.25) is 0 Å². The second kappa shape index (κ2) is 7.25. The molecule has 0 radical (unpaired) electrons. The zero-order chi connectivity index (χ0) is 22.8. The van der Waals surface area contributed by atoms with E-state index in [1.54, 1.807) is 6.07 Å². The third-order valence-corrected chi connectivity index (χ3v) is 6.85. The van der Waals surface area contributed by atoms with Gasteiger partial charge >= 0.3 is 6.09 Å². The molecule has 166 valence electrons. The van der Waals surface area contributed by atoms with Crippen LogP contribution in [0.2, 0.25) is 10.2 Å². The van der Waals surface area contributed by atoms with Crippen LogP contribution in [0.15, 0.2) is 35.3 Å². The number of nitrogens with zero attached hydrogens (tertiary/aromatic N) is 3. The summed E-state index contributed by atoms with van der Waals surface area (Å²) < 4.78 is 16.0. The maximum Gasteiger partial charge on any atom is 0.407 e. The van der Waals surface area contributed by atoms with Crippen molar-refractivity contribution in [3.63, 3.8) is 0 Å². The van der Waals surface area contributed by atoms with Gasteiger partial charge in [0.05, 0.1) is 10.6 Å². The van der Waals surface area contributed by atoms with Crippen LogP contribution in [0.4, 0.5) is 9.18 Å². The number of nitrogens with one attached hydrogen (secondary N) is 1. The van der Waals surface area contributed by atoms with E-state index < -0.39 is 17.8 Å². The van der Waals surface area contributed by atoms with Crippen LogP contribution < -0.4 is 5.56 Å². The van der Waals surface area contributed by atoms with Gasteiger partial charge in [0.15, 0.2) is 0 Å².